The second-order valence-electron chi connectivity index (χ2n) is 5.12. The molecule has 0 aliphatic heterocycles. The molecule has 0 fully saturated rings. The van der Waals surface area contributed by atoms with E-state index >= 15 is 0 Å². The number of nitrogens with zero attached hydrogens (tertiary/aromatic N) is 1. The van der Waals surface area contributed by atoms with Crippen LogP contribution in [0.15, 0.2) is 28.0 Å². The molecule has 0 aromatic heterocycles. The van der Waals surface area contributed by atoms with Crippen molar-refractivity contribution in [3.63, 3.8) is 0 Å². The minimum atomic E-state index is -4.24. The molecule has 0 bridgehead atoms. The van der Waals surface area contributed by atoms with Gasteiger partial charge in [0, 0.05) is 13.1 Å². The van der Waals surface area contributed by atoms with Crippen molar-refractivity contribution in [3.8, 4) is 0 Å². The molecule has 1 aromatic carbocycles. The maximum Gasteiger partial charge on any atom is 0.321 e. The molecule has 1 rings (SSSR count). The highest BCUT2D eigenvalue weighted by atomic mass is 32.2. The second kappa shape index (κ2) is 10.0. The standard InChI is InChI=1S/C14H18N4O8S2/c1-8(13(20)17-14(21)15-2)26-12(19)7-16-28(24,25)9-4-5-11(27-3)10(6-9)18(22)23/h4-6,8,16H,7H2,1-3H3,(H2,15,17,20,21). The maximum absolute atomic E-state index is 12.2. The zero-order valence-electron chi connectivity index (χ0n) is 15.0. The highest BCUT2D eigenvalue weighted by Crippen LogP contribution is 2.29. The van der Waals surface area contributed by atoms with E-state index in [4.69, 9.17) is 4.74 Å². The molecule has 1 unspecified atom stereocenters. The number of urea groups is 1. The second-order valence-corrected chi connectivity index (χ2v) is 7.73. The Morgan fingerprint density at radius 2 is 1.96 bits per heavy atom. The molecule has 0 saturated carbocycles. The quantitative estimate of drug-likeness (QED) is 0.220. The molecule has 1 aromatic rings. The summed E-state index contributed by atoms with van der Waals surface area (Å²) in [6.45, 7) is 0.368. The molecule has 0 radical (unpaired) electrons. The molecule has 0 saturated heterocycles. The molecule has 154 valence electrons. The summed E-state index contributed by atoms with van der Waals surface area (Å²) in [6, 6.07) is 2.51. The van der Waals surface area contributed by atoms with Gasteiger partial charge in [0.15, 0.2) is 6.10 Å². The van der Waals surface area contributed by atoms with Crippen molar-refractivity contribution in [2.45, 2.75) is 22.8 Å². The van der Waals surface area contributed by atoms with Crippen molar-refractivity contribution in [2.75, 3.05) is 19.8 Å². The molecule has 0 heterocycles. The number of thioether (sulfide) groups is 1. The van der Waals surface area contributed by atoms with Crippen molar-refractivity contribution in [2.24, 2.45) is 0 Å². The first-order valence-electron chi connectivity index (χ1n) is 7.56. The summed E-state index contributed by atoms with van der Waals surface area (Å²) in [4.78, 5) is 44.5. The largest absolute Gasteiger partial charge is 0.452 e. The number of nitrogens with one attached hydrogen (secondary N) is 3. The van der Waals surface area contributed by atoms with E-state index in [1.165, 1.54) is 20.0 Å². The fraction of sp³-hybridized carbons (Fsp3) is 0.357. The normalized spacial score (nSPS) is 12.0. The van der Waals surface area contributed by atoms with Gasteiger partial charge in [0.05, 0.1) is 14.7 Å². The average Bonchev–Trinajstić information content (AvgIpc) is 2.65. The van der Waals surface area contributed by atoms with Crippen LogP contribution in [0.25, 0.3) is 0 Å². The van der Waals surface area contributed by atoms with Gasteiger partial charge in [-0.05, 0) is 25.3 Å². The van der Waals surface area contributed by atoms with E-state index in [1.54, 1.807) is 6.26 Å². The number of nitro groups is 1. The Morgan fingerprint density at radius 1 is 1.32 bits per heavy atom. The van der Waals surface area contributed by atoms with Gasteiger partial charge in [0.2, 0.25) is 10.0 Å². The lowest BCUT2D eigenvalue weighted by molar-refractivity contribution is -0.388. The average molecular weight is 434 g/mol. The smallest absolute Gasteiger partial charge is 0.321 e. The summed E-state index contributed by atoms with van der Waals surface area (Å²) in [5, 5.41) is 15.1. The third-order valence-corrected chi connectivity index (χ3v) is 5.39. The number of hydrogen-bond donors (Lipinski definition) is 3. The van der Waals surface area contributed by atoms with E-state index in [0.29, 0.717) is 0 Å². The minimum absolute atomic E-state index is 0.277. The Hall–Kier alpha value is -2.71. The first-order valence-corrected chi connectivity index (χ1v) is 10.3. The van der Waals surface area contributed by atoms with Gasteiger partial charge < -0.3 is 10.1 Å². The summed E-state index contributed by atoms with van der Waals surface area (Å²) in [6.07, 6.45) is 0.253. The van der Waals surface area contributed by atoms with E-state index in [0.717, 1.165) is 23.9 Å². The SMILES string of the molecule is CNC(=O)NC(=O)C(C)OC(=O)CNS(=O)(=O)c1ccc(SC)c([N+](=O)[O-])c1. The molecule has 0 aliphatic carbocycles. The monoisotopic (exact) mass is 434 g/mol. The zero-order chi connectivity index (χ0) is 21.5. The lowest BCUT2D eigenvalue weighted by Gasteiger charge is -2.13. The van der Waals surface area contributed by atoms with Crippen molar-refractivity contribution < 1.29 is 32.5 Å². The molecular weight excluding hydrogens is 416 g/mol. The fourth-order valence-corrected chi connectivity index (χ4v) is 3.32. The summed E-state index contributed by atoms with van der Waals surface area (Å²) < 4.78 is 31.1. The number of esters is 1. The van der Waals surface area contributed by atoms with E-state index in [2.05, 4.69) is 5.32 Å². The van der Waals surface area contributed by atoms with Crippen molar-refractivity contribution in [3.05, 3.63) is 28.3 Å². The Kier molecular flexibility index (Phi) is 8.34. The number of carbonyl (C=O) groups is 3. The number of rotatable bonds is 8. The van der Waals surface area contributed by atoms with Crippen LogP contribution in [0.3, 0.4) is 0 Å². The van der Waals surface area contributed by atoms with Crippen LogP contribution in [-0.4, -0.2) is 57.2 Å². The van der Waals surface area contributed by atoms with Crippen molar-refractivity contribution in [1.29, 1.82) is 0 Å². The van der Waals surface area contributed by atoms with Gasteiger partial charge in [-0.1, -0.05) is 0 Å². The van der Waals surface area contributed by atoms with Crippen LogP contribution in [0.1, 0.15) is 6.92 Å². The third kappa shape index (κ3) is 6.47. The van der Waals surface area contributed by atoms with Crippen molar-refractivity contribution >= 4 is 45.4 Å². The summed E-state index contributed by atoms with van der Waals surface area (Å²) in [5.74, 6) is -1.99. The number of benzene rings is 1. The van der Waals surface area contributed by atoms with E-state index in [9.17, 15) is 32.9 Å². The predicted molar refractivity (Wildman–Crippen MR) is 98.2 cm³/mol. The molecule has 3 amide bonds. The highest BCUT2D eigenvalue weighted by Gasteiger charge is 2.24. The van der Waals surface area contributed by atoms with Gasteiger partial charge in [0.1, 0.15) is 6.54 Å². The van der Waals surface area contributed by atoms with Crippen LogP contribution in [0.2, 0.25) is 0 Å². The lowest BCUT2D eigenvalue weighted by atomic mass is 10.3. The molecule has 0 spiro atoms. The van der Waals surface area contributed by atoms with E-state index in [1.807, 2.05) is 10.0 Å². The fourth-order valence-electron chi connectivity index (χ4n) is 1.79. The predicted octanol–water partition coefficient (Wildman–Crippen LogP) is -0.0177. The zero-order valence-corrected chi connectivity index (χ0v) is 16.7. The summed E-state index contributed by atoms with van der Waals surface area (Å²) >= 11 is 1.08. The number of hydrogen-bond acceptors (Lipinski definition) is 9. The Labute approximate surface area is 164 Å². The molecule has 3 N–H and O–H groups in total. The van der Waals surface area contributed by atoms with E-state index < -0.39 is 56.1 Å². The maximum atomic E-state index is 12.2. The number of nitro benzene ring substituents is 1. The van der Waals surface area contributed by atoms with Gasteiger partial charge in [-0.25, -0.2) is 13.2 Å². The molecular formula is C14H18N4O8S2. The van der Waals surface area contributed by atoms with Crippen LogP contribution in [0.5, 0.6) is 0 Å². The Morgan fingerprint density at radius 3 is 2.50 bits per heavy atom. The number of carbonyl (C=O) groups excluding carboxylic acids is 3. The van der Waals surface area contributed by atoms with Gasteiger partial charge in [-0.3, -0.25) is 25.0 Å². The van der Waals surface area contributed by atoms with Crippen LogP contribution in [0, 0.1) is 10.1 Å². The van der Waals surface area contributed by atoms with Crippen LogP contribution in [-0.2, 0) is 24.3 Å². The van der Waals surface area contributed by atoms with E-state index in [-0.39, 0.29) is 4.90 Å². The minimum Gasteiger partial charge on any atom is -0.452 e. The van der Waals surface area contributed by atoms with Gasteiger partial charge in [-0.15, -0.1) is 11.8 Å². The number of ether oxygens (including phenoxy) is 1. The van der Waals surface area contributed by atoms with Gasteiger partial charge in [0.25, 0.3) is 11.6 Å². The highest BCUT2D eigenvalue weighted by molar-refractivity contribution is 7.98. The third-order valence-electron chi connectivity index (χ3n) is 3.21. The van der Waals surface area contributed by atoms with Crippen molar-refractivity contribution in [1.82, 2.24) is 15.4 Å². The Bertz CT molecular complexity index is 887. The first-order chi connectivity index (χ1) is 13.0. The first kappa shape index (κ1) is 23.3. The molecule has 1 atom stereocenters. The molecule has 12 nitrogen and oxygen atoms in total. The number of sulfonamides is 1. The van der Waals surface area contributed by atoms with Gasteiger partial charge in [-0.2, -0.15) is 4.72 Å². The summed E-state index contributed by atoms with van der Waals surface area (Å²) in [5.41, 5.74) is -0.391. The Balaban J connectivity index is 2.77. The van der Waals surface area contributed by atoms with Crippen LogP contribution < -0.4 is 15.4 Å². The lowest BCUT2D eigenvalue weighted by Crippen LogP contribution is -2.44. The summed E-state index contributed by atoms with van der Waals surface area (Å²) in [7, 11) is -2.96. The molecule has 0 aliphatic rings. The molecule has 28 heavy (non-hydrogen) atoms. The number of imide groups is 1. The van der Waals surface area contributed by atoms with Crippen LogP contribution in [0.4, 0.5) is 10.5 Å². The van der Waals surface area contributed by atoms with Crippen LogP contribution >= 0.6 is 11.8 Å². The van der Waals surface area contributed by atoms with Gasteiger partial charge >= 0.3 is 12.0 Å². The number of amides is 3. The molecule has 14 heteroatoms. The topological polar surface area (TPSA) is 174 Å².